The number of fused-ring (bicyclic) bond motifs is 2. The summed E-state index contributed by atoms with van der Waals surface area (Å²) in [6, 6.07) is 1.66. The number of hydrogen-bond acceptors (Lipinski definition) is 5. The summed E-state index contributed by atoms with van der Waals surface area (Å²) in [5.41, 5.74) is 2.89. The molecule has 4 rings (SSSR count). The minimum absolute atomic E-state index is 0.186. The van der Waals surface area contributed by atoms with Crippen LogP contribution < -0.4 is 5.32 Å². The highest BCUT2D eigenvalue weighted by Gasteiger charge is 2.60. The van der Waals surface area contributed by atoms with Gasteiger partial charge in [-0.2, -0.15) is 0 Å². The summed E-state index contributed by atoms with van der Waals surface area (Å²) >= 11 is 0. The van der Waals surface area contributed by atoms with Crippen LogP contribution in [0, 0.1) is 18.8 Å². The fourth-order valence-electron chi connectivity index (χ4n) is 3.77. The van der Waals surface area contributed by atoms with Crippen molar-refractivity contribution in [1.82, 2.24) is 14.5 Å². The number of imidazole rings is 1. The zero-order valence-corrected chi connectivity index (χ0v) is 12.3. The number of rotatable bonds is 4. The lowest BCUT2D eigenvalue weighted by molar-refractivity contribution is 0.00386. The smallest absolute Gasteiger partial charge is 0.162 e. The van der Waals surface area contributed by atoms with Crippen LogP contribution in [0.4, 0.5) is 10.1 Å². The molecule has 2 aliphatic rings. The zero-order chi connectivity index (χ0) is 15.4. The number of alkyl halides is 1. The van der Waals surface area contributed by atoms with Gasteiger partial charge >= 0.3 is 0 Å². The molecule has 0 aromatic carbocycles. The summed E-state index contributed by atoms with van der Waals surface area (Å²) in [4.78, 5) is 8.93. The van der Waals surface area contributed by atoms with Crippen LogP contribution in [0.25, 0.3) is 11.2 Å². The van der Waals surface area contributed by atoms with Crippen molar-refractivity contribution in [2.75, 3.05) is 18.5 Å². The molecule has 2 aliphatic carbocycles. The number of aliphatic hydroxyl groups is 2. The van der Waals surface area contributed by atoms with E-state index in [0.29, 0.717) is 11.2 Å². The Bertz CT molecular complexity index is 719. The molecule has 0 radical (unpaired) electrons. The lowest BCUT2D eigenvalue weighted by atomic mass is 10.1. The molecule has 0 unspecified atom stereocenters. The number of nitrogens with zero attached hydrogens (tertiary/aromatic N) is 3. The number of aliphatic hydroxyl groups excluding tert-OH is 2. The molecular weight excluding hydrogens is 287 g/mol. The van der Waals surface area contributed by atoms with Gasteiger partial charge in [0.2, 0.25) is 0 Å². The van der Waals surface area contributed by atoms with Gasteiger partial charge in [-0.05, 0) is 31.2 Å². The first-order valence-electron chi connectivity index (χ1n) is 7.62. The number of anilines is 1. The molecule has 0 bridgehead atoms. The Morgan fingerprint density at radius 3 is 2.86 bits per heavy atom. The van der Waals surface area contributed by atoms with Gasteiger partial charge in [0.15, 0.2) is 5.65 Å². The van der Waals surface area contributed by atoms with Gasteiger partial charge in [-0.1, -0.05) is 0 Å². The van der Waals surface area contributed by atoms with Crippen LogP contribution in [0.15, 0.2) is 12.4 Å². The SMILES string of the molecule is Cc1cc(NCCF)c2ncn([C@H]3[C@H](O)[C@H](O)[C@@H]4C[C@@H]43)c2n1. The van der Waals surface area contributed by atoms with E-state index in [0.717, 1.165) is 17.8 Å². The van der Waals surface area contributed by atoms with E-state index in [-0.39, 0.29) is 24.4 Å². The first-order chi connectivity index (χ1) is 10.6. The molecule has 0 saturated heterocycles. The predicted molar refractivity (Wildman–Crippen MR) is 79.4 cm³/mol. The standard InChI is InChI=1S/C15H19FN4O2/c1-7-4-10(17-3-2-16)11-15(19-7)20(6-18-11)12-8-5-9(8)13(21)14(12)22/h4,6,8-9,12-14,21-22H,2-3,5H2,1H3,(H,17,19)/t8-,9+,12+,13+,14-/m0/s1. The van der Waals surface area contributed by atoms with E-state index in [1.807, 2.05) is 17.6 Å². The van der Waals surface area contributed by atoms with E-state index < -0.39 is 18.9 Å². The monoisotopic (exact) mass is 306 g/mol. The van der Waals surface area contributed by atoms with E-state index in [1.54, 1.807) is 6.33 Å². The molecule has 0 amide bonds. The highest BCUT2D eigenvalue weighted by atomic mass is 19.1. The zero-order valence-electron chi connectivity index (χ0n) is 12.3. The van der Waals surface area contributed by atoms with Crippen molar-refractivity contribution in [2.45, 2.75) is 31.6 Å². The third-order valence-electron chi connectivity index (χ3n) is 4.86. The largest absolute Gasteiger partial charge is 0.390 e. The Hall–Kier alpha value is -1.73. The maximum absolute atomic E-state index is 12.4. The summed E-state index contributed by atoms with van der Waals surface area (Å²) in [5, 5.41) is 23.3. The van der Waals surface area contributed by atoms with Crippen molar-refractivity contribution >= 4 is 16.9 Å². The van der Waals surface area contributed by atoms with Crippen molar-refractivity contribution in [1.29, 1.82) is 0 Å². The van der Waals surface area contributed by atoms with Crippen LogP contribution in [-0.4, -0.2) is 50.2 Å². The van der Waals surface area contributed by atoms with Crippen LogP contribution in [-0.2, 0) is 0 Å². The summed E-state index contributed by atoms with van der Waals surface area (Å²) in [6.07, 6.45) is 1.15. The number of aromatic nitrogens is 3. The highest BCUT2D eigenvalue weighted by Crippen LogP contribution is 2.57. The molecule has 2 aromatic heterocycles. The first-order valence-corrected chi connectivity index (χ1v) is 7.62. The first kappa shape index (κ1) is 13.9. The minimum atomic E-state index is -0.786. The molecule has 2 fully saturated rings. The quantitative estimate of drug-likeness (QED) is 0.786. The van der Waals surface area contributed by atoms with Crippen molar-refractivity contribution < 1.29 is 14.6 Å². The fourth-order valence-corrected chi connectivity index (χ4v) is 3.77. The Morgan fingerprint density at radius 1 is 1.36 bits per heavy atom. The third-order valence-corrected chi connectivity index (χ3v) is 4.86. The molecule has 7 heteroatoms. The molecule has 118 valence electrons. The van der Waals surface area contributed by atoms with E-state index in [2.05, 4.69) is 15.3 Å². The molecule has 5 atom stereocenters. The van der Waals surface area contributed by atoms with Crippen molar-refractivity contribution in [3.05, 3.63) is 18.1 Å². The van der Waals surface area contributed by atoms with Gasteiger partial charge in [-0.15, -0.1) is 0 Å². The van der Waals surface area contributed by atoms with Gasteiger partial charge < -0.3 is 20.1 Å². The maximum Gasteiger partial charge on any atom is 0.162 e. The second-order valence-corrected chi connectivity index (χ2v) is 6.29. The second-order valence-electron chi connectivity index (χ2n) is 6.29. The van der Waals surface area contributed by atoms with E-state index in [1.165, 1.54) is 0 Å². The molecule has 0 aliphatic heterocycles. The second kappa shape index (κ2) is 4.89. The normalized spacial score (nSPS) is 33.2. The third kappa shape index (κ3) is 1.92. The Morgan fingerprint density at radius 2 is 2.18 bits per heavy atom. The number of hydrogen-bond donors (Lipinski definition) is 3. The van der Waals surface area contributed by atoms with Gasteiger partial charge in [-0.3, -0.25) is 0 Å². The van der Waals surface area contributed by atoms with Gasteiger partial charge in [-0.25, -0.2) is 14.4 Å². The van der Waals surface area contributed by atoms with Crippen LogP contribution in [0.1, 0.15) is 18.2 Å². The lowest BCUT2D eigenvalue weighted by Crippen LogP contribution is -2.31. The molecule has 22 heavy (non-hydrogen) atoms. The van der Waals surface area contributed by atoms with Gasteiger partial charge in [0.1, 0.15) is 18.3 Å². The van der Waals surface area contributed by atoms with Crippen molar-refractivity contribution in [3.63, 3.8) is 0 Å². The molecule has 0 spiro atoms. The fraction of sp³-hybridized carbons (Fsp3) is 0.600. The highest BCUT2D eigenvalue weighted by molar-refractivity contribution is 5.86. The number of pyridine rings is 1. The van der Waals surface area contributed by atoms with E-state index in [9.17, 15) is 14.6 Å². The lowest BCUT2D eigenvalue weighted by Gasteiger charge is -2.22. The van der Waals surface area contributed by atoms with Gasteiger partial charge in [0.05, 0.1) is 24.2 Å². The molecule has 3 N–H and O–H groups in total. The van der Waals surface area contributed by atoms with Crippen LogP contribution in [0.5, 0.6) is 0 Å². The summed E-state index contributed by atoms with van der Waals surface area (Å²) < 4.78 is 14.3. The average Bonchev–Trinajstić information content (AvgIpc) is 3.11. The summed E-state index contributed by atoms with van der Waals surface area (Å²) in [5.74, 6) is 0.471. The Kier molecular flexibility index (Phi) is 3.09. The van der Waals surface area contributed by atoms with Gasteiger partial charge in [0.25, 0.3) is 0 Å². The molecule has 2 saturated carbocycles. The Balaban J connectivity index is 1.78. The number of aryl methyl sites for hydroxylation is 1. The summed E-state index contributed by atoms with van der Waals surface area (Å²) in [7, 11) is 0. The number of nitrogens with one attached hydrogen (secondary N) is 1. The van der Waals surface area contributed by atoms with Crippen molar-refractivity contribution in [3.8, 4) is 0 Å². The van der Waals surface area contributed by atoms with Crippen LogP contribution in [0.2, 0.25) is 0 Å². The minimum Gasteiger partial charge on any atom is -0.390 e. The molecule has 2 aromatic rings. The van der Waals surface area contributed by atoms with E-state index >= 15 is 0 Å². The maximum atomic E-state index is 12.4. The van der Waals surface area contributed by atoms with E-state index in [4.69, 9.17) is 0 Å². The van der Waals surface area contributed by atoms with Crippen LogP contribution >= 0.6 is 0 Å². The number of halogens is 1. The van der Waals surface area contributed by atoms with Crippen LogP contribution in [0.3, 0.4) is 0 Å². The molecule has 2 heterocycles. The molecular formula is C15H19FN4O2. The average molecular weight is 306 g/mol. The molecule has 6 nitrogen and oxygen atoms in total. The van der Waals surface area contributed by atoms with Crippen molar-refractivity contribution in [2.24, 2.45) is 11.8 Å². The Labute approximate surface area is 127 Å². The van der Waals surface area contributed by atoms with Gasteiger partial charge in [0, 0.05) is 12.2 Å². The summed E-state index contributed by atoms with van der Waals surface area (Å²) in [6.45, 7) is 1.64. The topological polar surface area (TPSA) is 83.2 Å². The predicted octanol–water partition coefficient (Wildman–Crippen LogP) is 1.03.